The molecule has 0 atom stereocenters. The number of pyridine rings is 1. The van der Waals surface area contributed by atoms with Crippen molar-refractivity contribution in [3.63, 3.8) is 0 Å². The van der Waals surface area contributed by atoms with Crippen LogP contribution in [0.5, 0.6) is 0 Å². The fraction of sp³-hybridized carbons (Fsp3) is 0.174. The van der Waals surface area contributed by atoms with Crippen LogP contribution in [0.2, 0.25) is 0 Å². The molecule has 0 bridgehead atoms. The molecule has 4 nitrogen and oxygen atoms in total. The molecule has 0 spiro atoms. The number of amides is 1. The summed E-state index contributed by atoms with van der Waals surface area (Å²) in [6, 6.07) is 8.29. The molecule has 3 rings (SSSR count). The summed E-state index contributed by atoms with van der Waals surface area (Å²) in [5.41, 5.74) is -5.57. The van der Waals surface area contributed by atoms with Gasteiger partial charge in [-0.1, -0.05) is 24.3 Å². The second kappa shape index (κ2) is 9.32. The summed E-state index contributed by atoms with van der Waals surface area (Å²) in [4.78, 5) is 15.9. The van der Waals surface area contributed by atoms with Crippen molar-refractivity contribution in [2.45, 2.75) is 18.3 Å². The minimum atomic E-state index is -5.23. The molecule has 0 aliphatic rings. The second-order valence-electron chi connectivity index (χ2n) is 7.26. The first-order chi connectivity index (χ1) is 16.2. The van der Waals surface area contributed by atoms with Gasteiger partial charge in [0.2, 0.25) is 0 Å². The van der Waals surface area contributed by atoms with Crippen LogP contribution >= 0.6 is 0 Å². The van der Waals surface area contributed by atoms with E-state index in [1.54, 1.807) is 11.4 Å². The molecule has 1 N–H and O–H groups in total. The number of aromatic nitrogens is 1. The highest BCUT2D eigenvalue weighted by Gasteiger charge is 2.43. The molecule has 0 aliphatic carbocycles. The van der Waals surface area contributed by atoms with E-state index in [1.165, 1.54) is 6.07 Å². The van der Waals surface area contributed by atoms with Crippen molar-refractivity contribution in [3.05, 3.63) is 88.7 Å². The van der Waals surface area contributed by atoms with Gasteiger partial charge in [0.05, 0.1) is 28.8 Å². The Morgan fingerprint density at radius 1 is 0.829 bits per heavy atom. The molecule has 182 valence electrons. The number of halogens is 8. The number of nitrogens with zero attached hydrogens (tertiary/aromatic N) is 2. The Morgan fingerprint density at radius 2 is 1.49 bits per heavy atom. The molecule has 0 saturated heterocycles. The molecule has 1 aromatic heterocycles. The van der Waals surface area contributed by atoms with Gasteiger partial charge in [-0.05, 0) is 29.8 Å². The fourth-order valence-corrected chi connectivity index (χ4v) is 3.25. The first-order valence-corrected chi connectivity index (χ1v) is 9.63. The lowest BCUT2D eigenvalue weighted by atomic mass is 9.95. The Balaban J connectivity index is 1.94. The lowest BCUT2D eigenvalue weighted by Crippen LogP contribution is -2.37. The number of nitrogens with one attached hydrogen (secondary N) is 1. The van der Waals surface area contributed by atoms with Crippen molar-refractivity contribution in [1.82, 2.24) is 10.3 Å². The first kappa shape index (κ1) is 25.6. The summed E-state index contributed by atoms with van der Waals surface area (Å²) < 4.78 is 110. The standard InChI is InChI=1S/C23H13F8N3O/c24-21(25,12-34-20(35)16-3-1-2-4-17(16)22(26,27)28)18-6-5-14(8-19(18)23(29,30)31)15-7-13(9-32)10-33-11-15/h1-8,10-11H,12H2,(H,34,35). The molecule has 12 heteroatoms. The van der Waals surface area contributed by atoms with E-state index in [1.807, 2.05) is 0 Å². The molecule has 3 aromatic rings. The van der Waals surface area contributed by atoms with Gasteiger partial charge in [-0.2, -0.15) is 40.4 Å². The quantitative estimate of drug-likeness (QED) is 0.427. The molecule has 0 fully saturated rings. The van der Waals surface area contributed by atoms with Crippen LogP contribution in [0.4, 0.5) is 35.1 Å². The van der Waals surface area contributed by atoms with Gasteiger partial charge >= 0.3 is 12.4 Å². The van der Waals surface area contributed by atoms with Crippen molar-refractivity contribution in [2.75, 3.05) is 6.54 Å². The van der Waals surface area contributed by atoms with E-state index >= 15 is 0 Å². The molecule has 1 heterocycles. The predicted molar refractivity (Wildman–Crippen MR) is 107 cm³/mol. The van der Waals surface area contributed by atoms with E-state index in [2.05, 4.69) is 4.98 Å². The zero-order valence-electron chi connectivity index (χ0n) is 17.3. The molecule has 0 aliphatic heterocycles. The molecule has 0 saturated carbocycles. The maximum absolute atomic E-state index is 14.8. The van der Waals surface area contributed by atoms with Crippen LogP contribution in [-0.2, 0) is 18.3 Å². The summed E-state index contributed by atoms with van der Waals surface area (Å²) in [5.74, 6) is -5.82. The number of carbonyl (C=O) groups excluding carboxylic acids is 1. The molecule has 35 heavy (non-hydrogen) atoms. The van der Waals surface area contributed by atoms with E-state index in [0.717, 1.165) is 36.7 Å². The number of benzene rings is 2. The topological polar surface area (TPSA) is 65.8 Å². The average molecular weight is 499 g/mol. The molecule has 1 amide bonds. The van der Waals surface area contributed by atoms with E-state index in [0.29, 0.717) is 18.2 Å². The number of hydrogen-bond donors (Lipinski definition) is 1. The Kier molecular flexibility index (Phi) is 6.82. The second-order valence-corrected chi connectivity index (χ2v) is 7.26. The van der Waals surface area contributed by atoms with Crippen molar-refractivity contribution in [3.8, 4) is 17.2 Å². The van der Waals surface area contributed by atoms with Crippen molar-refractivity contribution < 1.29 is 39.9 Å². The fourth-order valence-electron chi connectivity index (χ4n) is 3.25. The van der Waals surface area contributed by atoms with Gasteiger partial charge in [-0.25, -0.2) is 0 Å². The molecule has 0 unspecified atom stereocenters. The summed E-state index contributed by atoms with van der Waals surface area (Å²) >= 11 is 0. The monoisotopic (exact) mass is 499 g/mol. The smallest absolute Gasteiger partial charge is 0.346 e. The van der Waals surface area contributed by atoms with E-state index in [9.17, 15) is 39.9 Å². The van der Waals surface area contributed by atoms with E-state index in [-0.39, 0.29) is 16.7 Å². The van der Waals surface area contributed by atoms with Crippen LogP contribution in [-0.4, -0.2) is 17.4 Å². The minimum absolute atomic E-state index is 0.0346. The number of alkyl halides is 8. The van der Waals surface area contributed by atoms with Gasteiger partial charge < -0.3 is 5.32 Å². The number of rotatable bonds is 5. The highest BCUT2D eigenvalue weighted by Crippen LogP contribution is 2.41. The Labute approximate surface area is 192 Å². The third-order valence-electron chi connectivity index (χ3n) is 4.87. The number of nitriles is 1. The Hall–Kier alpha value is -4.01. The van der Waals surface area contributed by atoms with Crippen molar-refractivity contribution in [2.24, 2.45) is 0 Å². The third kappa shape index (κ3) is 5.74. The van der Waals surface area contributed by atoms with Gasteiger partial charge in [-0.15, -0.1) is 0 Å². The zero-order chi connectivity index (χ0) is 26.0. The summed E-state index contributed by atoms with van der Waals surface area (Å²) in [7, 11) is 0. The number of carbonyl (C=O) groups is 1. The molecular formula is C23H13F8N3O. The van der Waals surface area contributed by atoms with Crippen LogP contribution in [0.15, 0.2) is 60.9 Å². The van der Waals surface area contributed by atoms with Gasteiger partial charge in [0.1, 0.15) is 6.07 Å². The van der Waals surface area contributed by atoms with Gasteiger partial charge in [-0.3, -0.25) is 9.78 Å². The summed E-state index contributed by atoms with van der Waals surface area (Å²) in [6.07, 6.45) is -7.88. The number of hydrogen-bond acceptors (Lipinski definition) is 3. The van der Waals surface area contributed by atoms with Crippen LogP contribution < -0.4 is 5.32 Å². The van der Waals surface area contributed by atoms with Crippen LogP contribution in [0, 0.1) is 11.3 Å². The Morgan fingerprint density at radius 3 is 2.11 bits per heavy atom. The Bertz CT molecular complexity index is 1290. The lowest BCUT2D eigenvalue weighted by molar-refractivity contribution is -0.142. The molecular weight excluding hydrogens is 486 g/mol. The van der Waals surface area contributed by atoms with Gasteiger partial charge in [0.15, 0.2) is 0 Å². The van der Waals surface area contributed by atoms with Crippen molar-refractivity contribution >= 4 is 5.91 Å². The highest BCUT2D eigenvalue weighted by atomic mass is 19.4. The minimum Gasteiger partial charge on any atom is -0.346 e. The van der Waals surface area contributed by atoms with Gasteiger partial charge in [0.25, 0.3) is 11.8 Å². The van der Waals surface area contributed by atoms with Gasteiger partial charge in [0, 0.05) is 23.5 Å². The van der Waals surface area contributed by atoms with E-state index in [4.69, 9.17) is 5.26 Å². The zero-order valence-corrected chi connectivity index (χ0v) is 17.3. The third-order valence-corrected chi connectivity index (χ3v) is 4.87. The largest absolute Gasteiger partial charge is 0.417 e. The highest BCUT2D eigenvalue weighted by molar-refractivity contribution is 5.95. The maximum Gasteiger partial charge on any atom is 0.417 e. The van der Waals surface area contributed by atoms with Crippen LogP contribution in [0.1, 0.15) is 32.6 Å². The molecule has 0 radical (unpaired) electrons. The predicted octanol–water partition coefficient (Wildman–Crippen LogP) is 6.18. The van der Waals surface area contributed by atoms with Crippen molar-refractivity contribution in [1.29, 1.82) is 5.26 Å². The summed E-state index contributed by atoms with van der Waals surface area (Å²) in [5, 5.41) is 10.5. The van der Waals surface area contributed by atoms with Crippen LogP contribution in [0.3, 0.4) is 0 Å². The SMILES string of the molecule is N#Cc1cncc(-c2ccc(C(F)(F)CNC(=O)c3ccccc3C(F)(F)F)c(C(F)(F)F)c2)c1. The van der Waals surface area contributed by atoms with E-state index < -0.39 is 53.0 Å². The maximum atomic E-state index is 14.8. The first-order valence-electron chi connectivity index (χ1n) is 9.63. The average Bonchev–Trinajstić information content (AvgIpc) is 2.81. The normalized spacial score (nSPS) is 12.2. The summed E-state index contributed by atoms with van der Waals surface area (Å²) in [6.45, 7) is -1.69. The van der Waals surface area contributed by atoms with Crippen LogP contribution in [0.25, 0.3) is 11.1 Å². The molecule has 2 aromatic carbocycles. The lowest BCUT2D eigenvalue weighted by Gasteiger charge is -2.23.